The fourth-order valence-electron chi connectivity index (χ4n) is 1.83. The van der Waals surface area contributed by atoms with Crippen LogP contribution in [-0.2, 0) is 0 Å². The average molecular weight is 262 g/mol. The third-order valence-electron chi connectivity index (χ3n) is 2.71. The van der Waals surface area contributed by atoms with Gasteiger partial charge in [-0.3, -0.25) is 4.79 Å². The van der Waals surface area contributed by atoms with Crippen LogP contribution in [0.2, 0.25) is 0 Å². The summed E-state index contributed by atoms with van der Waals surface area (Å²) in [5.74, 6) is 0.926. The maximum Gasteiger partial charge on any atom is 0.277 e. The summed E-state index contributed by atoms with van der Waals surface area (Å²) >= 11 is 1.24. The average Bonchev–Trinajstić information content (AvgIpc) is 2.94. The lowest BCUT2D eigenvalue weighted by molar-refractivity contribution is 0.1000. The first kappa shape index (κ1) is 11.0. The molecule has 1 aliphatic rings. The fourth-order valence-corrected chi connectivity index (χ4v) is 2.50. The van der Waals surface area contributed by atoms with Gasteiger partial charge in [-0.15, -0.1) is 11.3 Å². The molecule has 0 aliphatic carbocycles. The first-order valence-corrected chi connectivity index (χ1v) is 6.19. The van der Waals surface area contributed by atoms with E-state index in [-0.39, 0.29) is 6.79 Å². The molecule has 92 valence electrons. The summed E-state index contributed by atoms with van der Waals surface area (Å²) in [7, 11) is 0. The molecule has 2 aromatic rings. The normalized spacial score (nSPS) is 12.7. The van der Waals surface area contributed by atoms with Gasteiger partial charge in [0.25, 0.3) is 5.91 Å². The van der Waals surface area contributed by atoms with Crippen LogP contribution in [0, 0.1) is 6.92 Å². The van der Waals surface area contributed by atoms with Crippen molar-refractivity contribution < 1.29 is 14.3 Å². The minimum Gasteiger partial charge on any atom is -0.454 e. The smallest absolute Gasteiger partial charge is 0.277 e. The summed E-state index contributed by atoms with van der Waals surface area (Å²) in [5, 5.41) is 2.12. The van der Waals surface area contributed by atoms with E-state index in [2.05, 4.69) is 4.98 Å². The van der Waals surface area contributed by atoms with Gasteiger partial charge in [0.05, 0.1) is 5.69 Å². The second kappa shape index (κ2) is 3.99. The number of nitrogens with zero attached hydrogens (tertiary/aromatic N) is 1. The first-order valence-electron chi connectivity index (χ1n) is 5.31. The molecule has 0 spiro atoms. The third-order valence-corrected chi connectivity index (χ3v) is 3.57. The molecule has 0 saturated carbocycles. The van der Waals surface area contributed by atoms with E-state index in [1.165, 1.54) is 11.3 Å². The molecule has 0 saturated heterocycles. The number of aromatic nitrogens is 1. The van der Waals surface area contributed by atoms with Crippen molar-refractivity contribution in [2.24, 2.45) is 5.73 Å². The number of fused-ring (bicyclic) bond motifs is 1. The lowest BCUT2D eigenvalue weighted by Gasteiger charge is -2.04. The molecule has 0 bridgehead atoms. The maximum atomic E-state index is 11.0. The summed E-state index contributed by atoms with van der Waals surface area (Å²) in [6, 6.07) is 3.78. The predicted octanol–water partition coefficient (Wildman–Crippen LogP) is 1.95. The van der Waals surface area contributed by atoms with Crippen LogP contribution in [0.5, 0.6) is 11.5 Å². The number of aryl methyl sites for hydroxylation is 1. The zero-order chi connectivity index (χ0) is 12.7. The van der Waals surface area contributed by atoms with E-state index in [1.54, 1.807) is 0 Å². The highest BCUT2D eigenvalue weighted by Gasteiger charge is 2.18. The van der Waals surface area contributed by atoms with Gasteiger partial charge in [0.15, 0.2) is 16.5 Å². The first-order chi connectivity index (χ1) is 8.65. The molecule has 0 unspecified atom stereocenters. The van der Waals surface area contributed by atoms with Crippen LogP contribution in [0.3, 0.4) is 0 Å². The predicted molar refractivity (Wildman–Crippen MR) is 66.9 cm³/mol. The number of primary amides is 1. The summed E-state index contributed by atoms with van der Waals surface area (Å²) < 4.78 is 10.6. The van der Waals surface area contributed by atoms with Gasteiger partial charge in [-0.1, -0.05) is 0 Å². The number of thiazole rings is 1. The molecule has 3 rings (SSSR count). The molecule has 2 N–H and O–H groups in total. The van der Waals surface area contributed by atoms with Crippen molar-refractivity contribution in [1.82, 2.24) is 4.98 Å². The van der Waals surface area contributed by atoms with Crippen molar-refractivity contribution >= 4 is 17.2 Å². The number of rotatable bonds is 2. The number of benzene rings is 1. The van der Waals surface area contributed by atoms with Crippen LogP contribution in [-0.4, -0.2) is 17.7 Å². The number of nitrogens with two attached hydrogens (primary N) is 1. The van der Waals surface area contributed by atoms with E-state index < -0.39 is 5.91 Å². The zero-order valence-corrected chi connectivity index (χ0v) is 10.4. The summed E-state index contributed by atoms with van der Waals surface area (Å²) in [6.45, 7) is 2.20. The van der Waals surface area contributed by atoms with E-state index in [1.807, 2.05) is 24.4 Å². The van der Waals surface area contributed by atoms with Crippen molar-refractivity contribution in [2.45, 2.75) is 6.92 Å². The van der Waals surface area contributed by atoms with Gasteiger partial charge < -0.3 is 15.2 Å². The molecule has 1 amide bonds. The van der Waals surface area contributed by atoms with Gasteiger partial charge in [-0.05, 0) is 24.6 Å². The highest BCUT2D eigenvalue weighted by molar-refractivity contribution is 7.12. The molecule has 1 aromatic carbocycles. The largest absolute Gasteiger partial charge is 0.454 e. The van der Waals surface area contributed by atoms with E-state index >= 15 is 0 Å². The third kappa shape index (κ3) is 1.70. The van der Waals surface area contributed by atoms with Crippen LogP contribution in [0.15, 0.2) is 17.5 Å². The lowest BCUT2D eigenvalue weighted by atomic mass is 10.1. The van der Waals surface area contributed by atoms with Crippen LogP contribution in [0.1, 0.15) is 15.4 Å². The van der Waals surface area contributed by atoms with E-state index in [0.717, 1.165) is 22.6 Å². The summed E-state index contributed by atoms with van der Waals surface area (Å²) in [6.07, 6.45) is 0. The SMILES string of the molecule is Cc1cc2c(cc1-c1csc(C(N)=O)n1)OCO2. The number of amides is 1. The molecule has 6 heteroatoms. The topological polar surface area (TPSA) is 74.4 Å². The Kier molecular flexibility index (Phi) is 2.45. The molecule has 0 radical (unpaired) electrons. The molecule has 0 atom stereocenters. The molecule has 2 heterocycles. The highest BCUT2D eigenvalue weighted by atomic mass is 32.1. The highest BCUT2D eigenvalue weighted by Crippen LogP contribution is 2.38. The molecule has 18 heavy (non-hydrogen) atoms. The Balaban J connectivity index is 2.08. The van der Waals surface area contributed by atoms with Crippen LogP contribution >= 0.6 is 11.3 Å². The van der Waals surface area contributed by atoms with Crippen molar-refractivity contribution in [3.8, 4) is 22.8 Å². The number of hydrogen-bond donors (Lipinski definition) is 1. The Bertz CT molecular complexity index is 636. The zero-order valence-electron chi connectivity index (χ0n) is 9.60. The van der Waals surface area contributed by atoms with Gasteiger partial charge in [-0.25, -0.2) is 4.98 Å². The Morgan fingerprint density at radius 2 is 2.11 bits per heavy atom. The van der Waals surface area contributed by atoms with Gasteiger partial charge in [0.2, 0.25) is 6.79 Å². The standard InChI is InChI=1S/C12H10N2O3S/c1-6-2-9-10(17-5-16-9)3-7(6)8-4-18-12(14-8)11(13)15/h2-4H,5H2,1H3,(H2,13,15). The van der Waals surface area contributed by atoms with E-state index in [9.17, 15) is 4.79 Å². The van der Waals surface area contributed by atoms with Gasteiger partial charge in [-0.2, -0.15) is 0 Å². The quantitative estimate of drug-likeness (QED) is 0.897. The Morgan fingerprint density at radius 3 is 2.78 bits per heavy atom. The van der Waals surface area contributed by atoms with Gasteiger partial charge in [0.1, 0.15) is 0 Å². The number of hydrogen-bond acceptors (Lipinski definition) is 5. The lowest BCUT2D eigenvalue weighted by Crippen LogP contribution is -2.10. The minimum absolute atomic E-state index is 0.238. The van der Waals surface area contributed by atoms with Crippen LogP contribution in [0.4, 0.5) is 0 Å². The van der Waals surface area contributed by atoms with Gasteiger partial charge >= 0.3 is 0 Å². The molecule has 5 nitrogen and oxygen atoms in total. The number of carbonyl (C=O) groups is 1. The Hall–Kier alpha value is -2.08. The van der Waals surface area contributed by atoms with Crippen LogP contribution in [0.25, 0.3) is 11.3 Å². The Morgan fingerprint density at radius 1 is 1.39 bits per heavy atom. The molecular formula is C12H10N2O3S. The van der Waals surface area contributed by atoms with E-state index in [4.69, 9.17) is 15.2 Å². The summed E-state index contributed by atoms with van der Waals surface area (Å²) in [5.41, 5.74) is 7.86. The van der Waals surface area contributed by atoms with Crippen molar-refractivity contribution in [3.05, 3.63) is 28.1 Å². The number of ether oxygens (including phenoxy) is 2. The number of carbonyl (C=O) groups excluding carboxylic acids is 1. The van der Waals surface area contributed by atoms with Crippen molar-refractivity contribution in [2.75, 3.05) is 6.79 Å². The van der Waals surface area contributed by atoms with Crippen LogP contribution < -0.4 is 15.2 Å². The van der Waals surface area contributed by atoms with Crippen molar-refractivity contribution in [3.63, 3.8) is 0 Å². The minimum atomic E-state index is -0.510. The summed E-state index contributed by atoms with van der Waals surface area (Å²) in [4.78, 5) is 15.3. The van der Waals surface area contributed by atoms with Crippen molar-refractivity contribution in [1.29, 1.82) is 0 Å². The van der Waals surface area contributed by atoms with Gasteiger partial charge in [0, 0.05) is 10.9 Å². The second-order valence-corrected chi connectivity index (χ2v) is 4.78. The molecule has 0 fully saturated rings. The maximum absolute atomic E-state index is 11.0. The Labute approximate surface area is 107 Å². The molecular weight excluding hydrogens is 252 g/mol. The molecule has 1 aromatic heterocycles. The van der Waals surface area contributed by atoms with E-state index in [0.29, 0.717) is 10.8 Å². The molecule has 1 aliphatic heterocycles. The second-order valence-electron chi connectivity index (χ2n) is 3.92. The monoisotopic (exact) mass is 262 g/mol. The fraction of sp³-hybridized carbons (Fsp3) is 0.167.